The van der Waals surface area contributed by atoms with E-state index in [9.17, 15) is 22.8 Å². The van der Waals surface area contributed by atoms with Gasteiger partial charge in [0, 0.05) is 15.6 Å². The zero-order valence-corrected chi connectivity index (χ0v) is 18.2. The minimum absolute atomic E-state index is 0.00245. The SMILES string of the molecule is Cc1ccc(C(=O)C=C(c2cc(Cl)cc(Cl)c2)C(F)(F)F)cc1C(=O)OC(C)(C)C. The van der Waals surface area contributed by atoms with Crippen molar-refractivity contribution in [1.29, 1.82) is 0 Å². The van der Waals surface area contributed by atoms with E-state index in [0.717, 1.165) is 12.1 Å². The Morgan fingerprint density at radius 3 is 2.00 bits per heavy atom. The maximum Gasteiger partial charge on any atom is 0.417 e. The lowest BCUT2D eigenvalue weighted by Gasteiger charge is -2.20. The number of halogens is 5. The van der Waals surface area contributed by atoms with Crippen molar-refractivity contribution in [2.75, 3.05) is 0 Å². The van der Waals surface area contributed by atoms with Crippen molar-refractivity contribution in [3.05, 3.63) is 74.8 Å². The quantitative estimate of drug-likeness (QED) is 0.279. The molecular weight excluding hydrogens is 440 g/mol. The number of aryl methyl sites for hydroxylation is 1. The van der Waals surface area contributed by atoms with Crippen LogP contribution in [0.25, 0.3) is 5.57 Å². The molecule has 0 aromatic heterocycles. The first-order valence-electron chi connectivity index (χ1n) is 8.81. The maximum absolute atomic E-state index is 13.6. The first kappa shape index (κ1) is 24.0. The molecule has 0 aliphatic carbocycles. The van der Waals surface area contributed by atoms with Crippen LogP contribution in [0.2, 0.25) is 10.0 Å². The van der Waals surface area contributed by atoms with E-state index in [1.54, 1.807) is 27.7 Å². The summed E-state index contributed by atoms with van der Waals surface area (Å²) in [6.07, 6.45) is -4.37. The molecule has 0 radical (unpaired) electrons. The van der Waals surface area contributed by atoms with Crippen LogP contribution in [0, 0.1) is 6.92 Å². The molecule has 30 heavy (non-hydrogen) atoms. The molecule has 2 aromatic carbocycles. The maximum atomic E-state index is 13.6. The highest BCUT2D eigenvalue weighted by Gasteiger charge is 2.36. The van der Waals surface area contributed by atoms with Crippen LogP contribution >= 0.6 is 23.2 Å². The Labute approximate surface area is 182 Å². The van der Waals surface area contributed by atoms with E-state index in [4.69, 9.17) is 27.9 Å². The van der Waals surface area contributed by atoms with Crippen LogP contribution in [0.1, 0.15) is 52.6 Å². The standard InChI is InChI=1S/C22H19Cl2F3O3/c1-12-5-6-13(9-17(12)20(29)30-21(2,3)4)19(28)11-18(22(25,26)27)14-7-15(23)10-16(24)8-14/h5-11H,1-4H3. The highest BCUT2D eigenvalue weighted by molar-refractivity contribution is 6.35. The number of hydrogen-bond acceptors (Lipinski definition) is 3. The third-order valence-electron chi connectivity index (χ3n) is 3.90. The lowest BCUT2D eigenvalue weighted by Crippen LogP contribution is -2.24. The largest absolute Gasteiger partial charge is 0.456 e. The van der Waals surface area contributed by atoms with E-state index in [-0.39, 0.29) is 26.7 Å². The van der Waals surface area contributed by atoms with Gasteiger partial charge in [0.15, 0.2) is 5.78 Å². The van der Waals surface area contributed by atoms with Gasteiger partial charge in [0.25, 0.3) is 0 Å². The Morgan fingerprint density at radius 2 is 1.50 bits per heavy atom. The summed E-state index contributed by atoms with van der Waals surface area (Å²) in [6, 6.07) is 7.48. The number of carbonyl (C=O) groups excluding carboxylic acids is 2. The minimum Gasteiger partial charge on any atom is -0.456 e. The van der Waals surface area contributed by atoms with Crippen LogP contribution in [0.5, 0.6) is 0 Å². The van der Waals surface area contributed by atoms with Crippen molar-refractivity contribution < 1.29 is 27.5 Å². The van der Waals surface area contributed by atoms with Gasteiger partial charge in [-0.1, -0.05) is 35.3 Å². The van der Waals surface area contributed by atoms with Crippen LogP contribution in [0.15, 0.2) is 42.5 Å². The number of ketones is 1. The van der Waals surface area contributed by atoms with Gasteiger partial charge in [0.2, 0.25) is 0 Å². The number of benzene rings is 2. The van der Waals surface area contributed by atoms with Gasteiger partial charge in [-0.05, 0) is 69.2 Å². The molecule has 8 heteroatoms. The van der Waals surface area contributed by atoms with E-state index in [0.29, 0.717) is 11.6 Å². The number of alkyl halides is 3. The summed E-state index contributed by atoms with van der Waals surface area (Å²) in [6.45, 7) is 6.69. The van der Waals surface area contributed by atoms with Gasteiger partial charge in [-0.25, -0.2) is 4.79 Å². The predicted octanol–water partition coefficient (Wildman–Crippen LogP) is 7.09. The highest BCUT2D eigenvalue weighted by Crippen LogP contribution is 2.36. The number of hydrogen-bond donors (Lipinski definition) is 0. The fraction of sp³-hybridized carbons (Fsp3) is 0.273. The molecule has 0 heterocycles. The Morgan fingerprint density at radius 1 is 0.933 bits per heavy atom. The summed E-state index contributed by atoms with van der Waals surface area (Å²) in [7, 11) is 0. The van der Waals surface area contributed by atoms with E-state index >= 15 is 0 Å². The molecule has 0 unspecified atom stereocenters. The van der Waals surface area contributed by atoms with Crippen LogP contribution < -0.4 is 0 Å². The van der Waals surface area contributed by atoms with Crippen molar-refractivity contribution >= 4 is 40.5 Å². The third-order valence-corrected chi connectivity index (χ3v) is 4.33. The molecule has 2 rings (SSSR count). The van der Waals surface area contributed by atoms with Gasteiger partial charge < -0.3 is 4.74 Å². The normalized spacial score (nSPS) is 12.6. The summed E-state index contributed by atoms with van der Waals surface area (Å²) >= 11 is 11.6. The molecule has 0 atom stereocenters. The number of esters is 1. The molecule has 0 N–H and O–H groups in total. The van der Waals surface area contributed by atoms with Crippen molar-refractivity contribution in [2.45, 2.75) is 39.5 Å². The molecule has 0 saturated heterocycles. The molecule has 0 fully saturated rings. The molecule has 3 nitrogen and oxygen atoms in total. The van der Waals surface area contributed by atoms with Crippen LogP contribution in [0.3, 0.4) is 0 Å². The zero-order valence-electron chi connectivity index (χ0n) is 16.7. The van der Waals surface area contributed by atoms with Gasteiger partial charge in [-0.2, -0.15) is 13.2 Å². The summed E-state index contributed by atoms with van der Waals surface area (Å²) < 4.78 is 46.2. The second-order valence-electron chi connectivity index (χ2n) is 7.61. The molecule has 0 saturated carbocycles. The Bertz CT molecular complexity index is 999. The summed E-state index contributed by atoms with van der Waals surface area (Å²) in [5.41, 5.74) is -1.76. The second kappa shape index (κ2) is 8.82. The highest BCUT2D eigenvalue weighted by atomic mass is 35.5. The van der Waals surface area contributed by atoms with Crippen molar-refractivity contribution in [2.24, 2.45) is 0 Å². The number of ether oxygens (including phenoxy) is 1. The number of rotatable bonds is 4. The molecule has 0 aliphatic heterocycles. The van der Waals surface area contributed by atoms with Gasteiger partial charge in [-0.3, -0.25) is 4.79 Å². The van der Waals surface area contributed by atoms with Crippen LogP contribution in [-0.4, -0.2) is 23.5 Å². The topological polar surface area (TPSA) is 43.4 Å². The van der Waals surface area contributed by atoms with Crippen molar-refractivity contribution in [1.82, 2.24) is 0 Å². The first-order chi connectivity index (χ1) is 13.7. The lowest BCUT2D eigenvalue weighted by molar-refractivity contribution is -0.0689. The molecule has 0 bridgehead atoms. The van der Waals surface area contributed by atoms with Gasteiger partial charge in [0.1, 0.15) is 5.60 Å². The van der Waals surface area contributed by atoms with Crippen molar-refractivity contribution in [3.8, 4) is 0 Å². The average molecular weight is 459 g/mol. The van der Waals surface area contributed by atoms with E-state index < -0.39 is 29.1 Å². The average Bonchev–Trinajstić information content (AvgIpc) is 2.56. The second-order valence-corrected chi connectivity index (χ2v) is 8.48. The van der Waals surface area contributed by atoms with Crippen LogP contribution in [-0.2, 0) is 4.74 Å². The molecule has 160 valence electrons. The van der Waals surface area contributed by atoms with Gasteiger partial charge in [0.05, 0.1) is 11.1 Å². The monoisotopic (exact) mass is 458 g/mol. The summed E-state index contributed by atoms with van der Waals surface area (Å²) in [4.78, 5) is 25.0. The van der Waals surface area contributed by atoms with Crippen molar-refractivity contribution in [3.63, 3.8) is 0 Å². The first-order valence-corrected chi connectivity index (χ1v) is 9.56. The predicted molar refractivity (Wildman–Crippen MR) is 111 cm³/mol. The van der Waals surface area contributed by atoms with Gasteiger partial charge >= 0.3 is 12.1 Å². The smallest absolute Gasteiger partial charge is 0.417 e. The van der Waals surface area contributed by atoms with E-state index in [1.807, 2.05) is 0 Å². The molecule has 0 aliphatic rings. The summed E-state index contributed by atoms with van der Waals surface area (Å²) in [5.74, 6) is -1.60. The van der Waals surface area contributed by atoms with Crippen LogP contribution in [0.4, 0.5) is 13.2 Å². The number of carbonyl (C=O) groups is 2. The minimum atomic E-state index is -4.83. The van der Waals surface area contributed by atoms with E-state index in [2.05, 4.69) is 0 Å². The molecular formula is C22H19Cl2F3O3. The lowest BCUT2D eigenvalue weighted by atomic mass is 9.98. The number of allylic oxidation sites excluding steroid dienone is 2. The molecule has 0 amide bonds. The van der Waals surface area contributed by atoms with E-state index in [1.165, 1.54) is 24.3 Å². The zero-order chi connectivity index (χ0) is 22.9. The Kier molecular flexibility index (Phi) is 7.05. The Balaban J connectivity index is 2.50. The van der Waals surface area contributed by atoms with Gasteiger partial charge in [-0.15, -0.1) is 0 Å². The molecule has 2 aromatic rings. The third kappa shape index (κ3) is 6.34. The Hall–Kier alpha value is -2.31. The fourth-order valence-corrected chi connectivity index (χ4v) is 3.11. The molecule has 0 spiro atoms. The summed E-state index contributed by atoms with van der Waals surface area (Å²) in [5, 5.41) is 0.00490. The fourth-order valence-electron chi connectivity index (χ4n) is 2.58.